The molecule has 1 fully saturated rings. The van der Waals surface area contributed by atoms with Crippen LogP contribution in [0.4, 0.5) is 10.5 Å². The Morgan fingerprint density at radius 3 is 2.95 bits per heavy atom. The van der Waals surface area contributed by atoms with E-state index in [-0.39, 0.29) is 18.5 Å². The Kier molecular flexibility index (Phi) is 5.36. The smallest absolute Gasteiger partial charge is 0.322 e. The first kappa shape index (κ1) is 16.0. The van der Waals surface area contributed by atoms with Crippen molar-refractivity contribution in [2.24, 2.45) is 0 Å². The number of aryl methyl sites for hydroxylation is 1. The number of benzene rings is 1. The van der Waals surface area contributed by atoms with Crippen LogP contribution in [-0.2, 0) is 4.79 Å². The van der Waals surface area contributed by atoms with Crippen molar-refractivity contribution in [1.29, 1.82) is 0 Å². The number of halogens is 1. The van der Waals surface area contributed by atoms with Gasteiger partial charge in [0.1, 0.15) is 0 Å². The Morgan fingerprint density at radius 2 is 2.29 bits per heavy atom. The molecule has 1 atom stereocenters. The minimum atomic E-state index is -0.890. The first-order chi connectivity index (χ1) is 9.97. The normalized spacial score (nSPS) is 18.4. The Balaban J connectivity index is 2.06. The highest BCUT2D eigenvalue weighted by molar-refractivity contribution is 7.99. The predicted octanol–water partition coefficient (Wildman–Crippen LogP) is 3.07. The van der Waals surface area contributed by atoms with Gasteiger partial charge in [-0.25, -0.2) is 4.79 Å². The number of rotatable bonds is 3. The van der Waals surface area contributed by atoms with Crippen LogP contribution >= 0.6 is 23.4 Å². The van der Waals surface area contributed by atoms with E-state index in [2.05, 4.69) is 5.32 Å². The number of carbonyl (C=O) groups excluding carboxylic acids is 1. The van der Waals surface area contributed by atoms with Crippen molar-refractivity contribution in [3.05, 3.63) is 28.8 Å². The van der Waals surface area contributed by atoms with Crippen molar-refractivity contribution in [3.8, 4) is 0 Å². The molecule has 0 aliphatic carbocycles. The summed E-state index contributed by atoms with van der Waals surface area (Å²) in [5.74, 6) is 0.575. The number of carboxylic acids is 1. The molecule has 1 heterocycles. The fraction of sp³-hybridized carbons (Fsp3) is 0.429. The molecular formula is C14H17ClN2O3S. The molecule has 0 radical (unpaired) electrons. The third kappa shape index (κ3) is 4.28. The average molecular weight is 329 g/mol. The molecule has 0 saturated carbocycles. The number of amides is 2. The van der Waals surface area contributed by atoms with Gasteiger partial charge in [0.05, 0.1) is 12.5 Å². The summed E-state index contributed by atoms with van der Waals surface area (Å²) in [7, 11) is 0. The fourth-order valence-corrected chi connectivity index (χ4v) is 3.40. The van der Waals surface area contributed by atoms with E-state index in [9.17, 15) is 9.59 Å². The second-order valence-corrected chi connectivity index (χ2v) is 6.47. The van der Waals surface area contributed by atoms with E-state index in [0.717, 1.165) is 11.3 Å². The summed E-state index contributed by atoms with van der Waals surface area (Å²) < 4.78 is 0. The zero-order valence-corrected chi connectivity index (χ0v) is 13.2. The van der Waals surface area contributed by atoms with E-state index in [4.69, 9.17) is 16.7 Å². The van der Waals surface area contributed by atoms with Gasteiger partial charge in [-0.05, 0) is 24.6 Å². The van der Waals surface area contributed by atoms with E-state index >= 15 is 0 Å². The summed E-state index contributed by atoms with van der Waals surface area (Å²) >= 11 is 7.71. The lowest BCUT2D eigenvalue weighted by atomic mass is 10.2. The number of nitrogens with one attached hydrogen (secondary N) is 1. The maximum atomic E-state index is 12.3. The first-order valence-corrected chi connectivity index (χ1v) is 8.14. The molecule has 2 amide bonds. The molecule has 0 bridgehead atoms. The highest BCUT2D eigenvalue weighted by Crippen LogP contribution is 2.23. The van der Waals surface area contributed by atoms with Crippen LogP contribution in [0, 0.1) is 6.92 Å². The van der Waals surface area contributed by atoms with Crippen LogP contribution in [0.1, 0.15) is 12.0 Å². The SMILES string of the molecule is Cc1ccc(NC(=O)N2CCSCC2CC(=O)O)cc1Cl. The van der Waals surface area contributed by atoms with Gasteiger partial charge in [0, 0.05) is 28.8 Å². The number of urea groups is 1. The molecule has 1 saturated heterocycles. The van der Waals surface area contributed by atoms with E-state index in [1.807, 2.05) is 13.0 Å². The van der Waals surface area contributed by atoms with Gasteiger partial charge in [-0.3, -0.25) is 4.79 Å². The topological polar surface area (TPSA) is 69.6 Å². The molecular weight excluding hydrogens is 312 g/mol. The number of hydrogen-bond acceptors (Lipinski definition) is 3. The lowest BCUT2D eigenvalue weighted by molar-refractivity contribution is -0.137. The van der Waals surface area contributed by atoms with Crippen molar-refractivity contribution in [1.82, 2.24) is 4.90 Å². The molecule has 114 valence electrons. The number of hydrogen-bond donors (Lipinski definition) is 2. The molecule has 0 aromatic heterocycles. The molecule has 7 heteroatoms. The predicted molar refractivity (Wildman–Crippen MR) is 85.3 cm³/mol. The molecule has 2 rings (SSSR count). The molecule has 0 spiro atoms. The number of aliphatic carboxylic acids is 1. The van der Waals surface area contributed by atoms with Gasteiger partial charge >= 0.3 is 12.0 Å². The van der Waals surface area contributed by atoms with Gasteiger partial charge in [0.25, 0.3) is 0 Å². The summed E-state index contributed by atoms with van der Waals surface area (Å²) in [6.07, 6.45) is -0.0327. The van der Waals surface area contributed by atoms with E-state index in [1.54, 1.807) is 28.8 Å². The van der Waals surface area contributed by atoms with Crippen LogP contribution in [0.5, 0.6) is 0 Å². The van der Waals surface area contributed by atoms with Crippen LogP contribution in [0.3, 0.4) is 0 Å². The second-order valence-electron chi connectivity index (χ2n) is 4.91. The maximum Gasteiger partial charge on any atom is 0.322 e. The van der Waals surface area contributed by atoms with E-state index < -0.39 is 5.97 Å². The van der Waals surface area contributed by atoms with E-state index in [1.165, 1.54) is 0 Å². The third-order valence-corrected chi connectivity index (χ3v) is 4.82. The first-order valence-electron chi connectivity index (χ1n) is 6.60. The third-order valence-electron chi connectivity index (χ3n) is 3.32. The van der Waals surface area contributed by atoms with Crippen LogP contribution in [0.25, 0.3) is 0 Å². The Morgan fingerprint density at radius 1 is 1.52 bits per heavy atom. The molecule has 1 unspecified atom stereocenters. The number of carbonyl (C=O) groups is 2. The fourth-order valence-electron chi connectivity index (χ4n) is 2.16. The Bertz CT molecular complexity index is 553. The Labute approximate surface area is 132 Å². The van der Waals surface area contributed by atoms with Gasteiger partial charge in [-0.1, -0.05) is 17.7 Å². The number of thioether (sulfide) groups is 1. The monoisotopic (exact) mass is 328 g/mol. The maximum absolute atomic E-state index is 12.3. The van der Waals surface area contributed by atoms with Crippen molar-refractivity contribution in [2.75, 3.05) is 23.4 Å². The number of nitrogens with zero attached hydrogens (tertiary/aromatic N) is 1. The minimum Gasteiger partial charge on any atom is -0.481 e. The van der Waals surface area contributed by atoms with Crippen LogP contribution in [-0.4, -0.2) is 46.1 Å². The van der Waals surface area contributed by atoms with Crippen LogP contribution in [0.2, 0.25) is 5.02 Å². The zero-order chi connectivity index (χ0) is 15.4. The summed E-state index contributed by atoms with van der Waals surface area (Å²) in [5.41, 5.74) is 1.55. The van der Waals surface area contributed by atoms with Crippen molar-refractivity contribution >= 4 is 41.1 Å². The summed E-state index contributed by atoms with van der Waals surface area (Å²) in [5, 5.41) is 12.3. The highest BCUT2D eigenvalue weighted by atomic mass is 35.5. The molecule has 5 nitrogen and oxygen atoms in total. The summed E-state index contributed by atoms with van der Waals surface area (Å²) in [6, 6.07) is 4.76. The largest absolute Gasteiger partial charge is 0.481 e. The van der Waals surface area contributed by atoms with Gasteiger partial charge in [-0.2, -0.15) is 11.8 Å². The molecule has 1 aliphatic rings. The van der Waals surface area contributed by atoms with Gasteiger partial charge in [-0.15, -0.1) is 0 Å². The minimum absolute atomic E-state index is 0.0327. The van der Waals surface area contributed by atoms with Gasteiger partial charge in [0.2, 0.25) is 0 Å². The van der Waals surface area contributed by atoms with Gasteiger partial charge < -0.3 is 15.3 Å². The quantitative estimate of drug-likeness (QED) is 0.894. The molecule has 2 N–H and O–H groups in total. The average Bonchev–Trinajstić information content (AvgIpc) is 2.43. The molecule has 21 heavy (non-hydrogen) atoms. The molecule has 1 aromatic rings. The number of anilines is 1. The Hall–Kier alpha value is -1.40. The van der Waals surface area contributed by atoms with Crippen LogP contribution < -0.4 is 5.32 Å². The molecule has 1 aromatic carbocycles. The standard InChI is InChI=1S/C14H17ClN2O3S/c1-9-2-3-10(6-12(9)15)16-14(20)17-4-5-21-8-11(17)7-13(18)19/h2-3,6,11H,4-5,7-8H2,1H3,(H,16,20)(H,18,19). The zero-order valence-electron chi connectivity index (χ0n) is 11.6. The second kappa shape index (κ2) is 7.04. The lowest BCUT2D eigenvalue weighted by Crippen LogP contribution is -2.48. The van der Waals surface area contributed by atoms with Crippen molar-refractivity contribution in [2.45, 2.75) is 19.4 Å². The van der Waals surface area contributed by atoms with Crippen LogP contribution in [0.15, 0.2) is 18.2 Å². The van der Waals surface area contributed by atoms with Crippen molar-refractivity contribution in [3.63, 3.8) is 0 Å². The molecule has 1 aliphatic heterocycles. The van der Waals surface area contributed by atoms with E-state index in [0.29, 0.717) is 23.0 Å². The number of carboxylic acid groups (broad SMARTS) is 1. The lowest BCUT2D eigenvalue weighted by Gasteiger charge is -2.34. The summed E-state index contributed by atoms with van der Waals surface area (Å²) in [6.45, 7) is 2.44. The van der Waals surface area contributed by atoms with Gasteiger partial charge in [0.15, 0.2) is 0 Å². The highest BCUT2D eigenvalue weighted by Gasteiger charge is 2.28. The summed E-state index contributed by atoms with van der Waals surface area (Å²) in [4.78, 5) is 24.8. The van der Waals surface area contributed by atoms with Crippen molar-refractivity contribution < 1.29 is 14.7 Å².